The van der Waals surface area contributed by atoms with Gasteiger partial charge in [0, 0.05) is 27.1 Å². The van der Waals surface area contributed by atoms with E-state index in [2.05, 4.69) is 28.5 Å². The molecule has 3 N–H and O–H groups in total. The summed E-state index contributed by atoms with van der Waals surface area (Å²) < 4.78 is 4.32. The Kier molecular flexibility index (Phi) is 5.87. The van der Waals surface area contributed by atoms with Crippen molar-refractivity contribution >= 4 is 11.2 Å². The van der Waals surface area contributed by atoms with E-state index in [1.54, 1.807) is 13.4 Å². The second-order valence-corrected chi connectivity index (χ2v) is 8.23. The van der Waals surface area contributed by atoms with Crippen molar-refractivity contribution in [1.29, 1.82) is 0 Å². The Balaban J connectivity index is 1.33. The Labute approximate surface area is 174 Å². The van der Waals surface area contributed by atoms with E-state index in [1.807, 2.05) is 4.57 Å². The zero-order valence-corrected chi connectivity index (χ0v) is 17.7. The van der Waals surface area contributed by atoms with Crippen LogP contribution >= 0.6 is 0 Å². The number of rotatable bonds is 7. The minimum absolute atomic E-state index is 0.322. The molecule has 1 aliphatic carbocycles. The molecule has 8 nitrogen and oxygen atoms in total. The van der Waals surface area contributed by atoms with Crippen molar-refractivity contribution in [2.45, 2.75) is 44.8 Å². The molecule has 0 saturated carbocycles. The van der Waals surface area contributed by atoms with Crippen molar-refractivity contribution in [3.63, 3.8) is 0 Å². The maximum atomic E-state index is 12.5. The fourth-order valence-electron chi connectivity index (χ4n) is 4.34. The number of nitrogens with zero attached hydrogens (tertiary/aromatic N) is 4. The van der Waals surface area contributed by atoms with Crippen molar-refractivity contribution in [2.75, 3.05) is 13.1 Å². The van der Waals surface area contributed by atoms with E-state index in [-0.39, 0.29) is 11.2 Å². The monoisotopic (exact) mass is 412 g/mol. The zero-order valence-electron chi connectivity index (χ0n) is 17.7. The van der Waals surface area contributed by atoms with E-state index in [4.69, 9.17) is 0 Å². The van der Waals surface area contributed by atoms with E-state index < -0.39 is 6.10 Å². The number of hydrogen-bond donors (Lipinski definition) is 2. The van der Waals surface area contributed by atoms with Crippen LogP contribution < -0.4 is 16.6 Å². The van der Waals surface area contributed by atoms with Gasteiger partial charge in [-0.2, -0.15) is 0 Å². The molecule has 8 heteroatoms. The summed E-state index contributed by atoms with van der Waals surface area (Å²) >= 11 is 0. The third kappa shape index (κ3) is 3.85. The second-order valence-electron chi connectivity index (χ2n) is 8.23. The third-order valence-electron chi connectivity index (χ3n) is 6.17. The van der Waals surface area contributed by atoms with Crippen LogP contribution in [0.3, 0.4) is 0 Å². The lowest BCUT2D eigenvalue weighted by Gasteiger charge is -2.18. The number of nitrogens with two attached hydrogens (primary N) is 1. The molecule has 1 unspecified atom stereocenters. The Morgan fingerprint density at radius 3 is 2.70 bits per heavy atom. The van der Waals surface area contributed by atoms with Crippen LogP contribution in [-0.4, -0.2) is 36.9 Å². The van der Waals surface area contributed by atoms with Gasteiger partial charge in [0.15, 0.2) is 11.2 Å². The number of aliphatic hydroxyl groups excluding tert-OH is 1. The largest absolute Gasteiger partial charge is 0.382 e. The van der Waals surface area contributed by atoms with Gasteiger partial charge in [-0.1, -0.05) is 18.2 Å². The maximum Gasteiger partial charge on any atom is 0.332 e. The highest BCUT2D eigenvalue weighted by Crippen LogP contribution is 2.24. The molecule has 0 spiro atoms. The first kappa shape index (κ1) is 20.6. The Bertz CT molecular complexity index is 1170. The molecule has 160 valence electrons. The number of fused-ring (bicyclic) bond motifs is 2. The van der Waals surface area contributed by atoms with E-state index in [9.17, 15) is 14.7 Å². The Morgan fingerprint density at radius 1 is 1.13 bits per heavy atom. The number of aliphatic hydroxyl groups is 1. The highest BCUT2D eigenvalue weighted by atomic mass is 16.3. The van der Waals surface area contributed by atoms with Crippen molar-refractivity contribution in [3.05, 3.63) is 62.1 Å². The molecule has 30 heavy (non-hydrogen) atoms. The second kappa shape index (κ2) is 8.57. The normalized spacial score (nSPS) is 14.8. The van der Waals surface area contributed by atoms with Gasteiger partial charge in [0.05, 0.1) is 12.9 Å². The lowest BCUT2D eigenvalue weighted by molar-refractivity contribution is -0.662. The van der Waals surface area contributed by atoms with Gasteiger partial charge in [-0.3, -0.25) is 13.9 Å². The topological polar surface area (TPSA) is 98.7 Å². The molecule has 0 saturated heterocycles. The van der Waals surface area contributed by atoms with Crippen LogP contribution in [-0.2, 0) is 33.5 Å². The van der Waals surface area contributed by atoms with Crippen LogP contribution in [0.4, 0.5) is 0 Å². The molecule has 2 aromatic heterocycles. The number of benzene rings is 1. The molecule has 0 aliphatic heterocycles. The van der Waals surface area contributed by atoms with Gasteiger partial charge in [-0.15, -0.1) is 0 Å². The molecule has 0 radical (unpaired) electrons. The molecule has 2 heterocycles. The highest BCUT2D eigenvalue weighted by molar-refractivity contribution is 5.69. The molecule has 0 bridgehead atoms. The number of aromatic nitrogens is 4. The standard InChI is InChI=1S/C22H29N5O3/c1-25-20-19(21(29)26(2)22(25)30)27(14-24-20)11-5-10-23-13-18(28)17-9-8-15-6-3-4-7-16(15)12-17/h8-9,12,14,18,23,28H,3-7,10-11,13H2,1-2H3/p+1. The van der Waals surface area contributed by atoms with E-state index in [1.165, 1.54) is 35.6 Å². The number of hydrogen-bond acceptors (Lipinski definition) is 4. The summed E-state index contributed by atoms with van der Waals surface area (Å²) in [6.45, 7) is 2.07. The van der Waals surface area contributed by atoms with Crippen LogP contribution in [0.1, 0.15) is 42.1 Å². The van der Waals surface area contributed by atoms with Gasteiger partial charge < -0.3 is 15.0 Å². The lowest BCUT2D eigenvalue weighted by Crippen LogP contribution is -2.85. The van der Waals surface area contributed by atoms with Gasteiger partial charge in [-0.05, 0) is 42.4 Å². The molecule has 4 rings (SSSR count). The van der Waals surface area contributed by atoms with Gasteiger partial charge in [-0.25, -0.2) is 9.78 Å². The summed E-state index contributed by atoms with van der Waals surface area (Å²) in [6, 6.07) is 6.40. The average molecular weight is 413 g/mol. The summed E-state index contributed by atoms with van der Waals surface area (Å²) in [5, 5.41) is 12.7. The fourth-order valence-corrected chi connectivity index (χ4v) is 4.34. The summed E-state index contributed by atoms with van der Waals surface area (Å²) in [5.41, 5.74) is 3.98. The molecule has 1 aliphatic rings. The average Bonchev–Trinajstić information content (AvgIpc) is 3.19. The van der Waals surface area contributed by atoms with Crippen LogP contribution in [0.5, 0.6) is 0 Å². The molecule has 1 atom stereocenters. The summed E-state index contributed by atoms with van der Waals surface area (Å²) in [7, 11) is 3.11. The van der Waals surface area contributed by atoms with Crippen LogP contribution in [0.15, 0.2) is 34.1 Å². The first-order valence-corrected chi connectivity index (χ1v) is 10.7. The number of quaternary nitrogens is 1. The molecule has 0 amide bonds. The lowest BCUT2D eigenvalue weighted by atomic mass is 9.89. The van der Waals surface area contributed by atoms with Gasteiger partial charge in [0.1, 0.15) is 12.6 Å². The van der Waals surface area contributed by atoms with E-state index in [0.717, 1.165) is 35.9 Å². The minimum Gasteiger partial charge on any atom is -0.382 e. The maximum absolute atomic E-state index is 12.5. The van der Waals surface area contributed by atoms with Crippen molar-refractivity contribution in [1.82, 2.24) is 18.7 Å². The molecular weight excluding hydrogens is 382 g/mol. The van der Waals surface area contributed by atoms with Crippen molar-refractivity contribution in [3.8, 4) is 0 Å². The van der Waals surface area contributed by atoms with Crippen LogP contribution in [0.2, 0.25) is 0 Å². The van der Waals surface area contributed by atoms with Crippen LogP contribution in [0, 0.1) is 0 Å². The molecular formula is C22H30N5O3+. The smallest absolute Gasteiger partial charge is 0.332 e. The van der Waals surface area contributed by atoms with Gasteiger partial charge in [0.25, 0.3) is 5.56 Å². The van der Waals surface area contributed by atoms with Gasteiger partial charge >= 0.3 is 5.69 Å². The number of aryl methyl sites for hydroxylation is 4. The molecule has 3 aromatic rings. The van der Waals surface area contributed by atoms with Crippen molar-refractivity contribution < 1.29 is 10.4 Å². The SMILES string of the molecule is Cn1c(=O)c2c(ncn2CCC[NH2+]CC(O)c2ccc3c(c2)CCCC3)n(C)c1=O. The van der Waals surface area contributed by atoms with E-state index >= 15 is 0 Å². The van der Waals surface area contributed by atoms with Crippen molar-refractivity contribution in [2.24, 2.45) is 14.1 Å². The first-order chi connectivity index (χ1) is 14.5. The predicted octanol–water partition coefficient (Wildman–Crippen LogP) is -0.000400. The molecule has 1 aromatic carbocycles. The van der Waals surface area contributed by atoms with Gasteiger partial charge in [0.2, 0.25) is 0 Å². The third-order valence-corrected chi connectivity index (χ3v) is 6.17. The highest BCUT2D eigenvalue weighted by Gasteiger charge is 2.16. The summed E-state index contributed by atoms with van der Waals surface area (Å²) in [4.78, 5) is 28.7. The summed E-state index contributed by atoms with van der Waals surface area (Å²) in [6.07, 6.45) is 6.73. The minimum atomic E-state index is -0.479. The number of imidazole rings is 1. The van der Waals surface area contributed by atoms with E-state index in [0.29, 0.717) is 24.3 Å². The van der Waals surface area contributed by atoms with Crippen LogP contribution in [0.25, 0.3) is 11.2 Å². The molecule has 0 fully saturated rings. The Morgan fingerprint density at radius 2 is 1.90 bits per heavy atom. The predicted molar refractivity (Wildman–Crippen MR) is 115 cm³/mol. The Hall–Kier alpha value is -2.71. The fraction of sp³-hybridized carbons (Fsp3) is 0.500. The first-order valence-electron chi connectivity index (χ1n) is 10.7. The quantitative estimate of drug-likeness (QED) is 0.534. The zero-order chi connectivity index (χ0) is 21.3. The summed E-state index contributed by atoms with van der Waals surface area (Å²) in [5.74, 6) is 0.